The van der Waals surface area contributed by atoms with Crippen molar-refractivity contribution >= 4 is 11.9 Å². The van der Waals surface area contributed by atoms with Crippen molar-refractivity contribution in [2.45, 2.75) is 25.2 Å². The first kappa shape index (κ1) is 12.6. The van der Waals surface area contributed by atoms with E-state index in [0.717, 1.165) is 6.42 Å². The second-order valence-electron chi connectivity index (χ2n) is 4.35. The fraction of sp³-hybridized carbons (Fsp3) is 0.429. The van der Waals surface area contributed by atoms with E-state index in [2.05, 4.69) is 5.32 Å². The van der Waals surface area contributed by atoms with Gasteiger partial charge in [0.1, 0.15) is 0 Å². The number of esters is 1. The molecule has 1 atom stereocenters. The highest BCUT2D eigenvalue weighted by molar-refractivity contribution is 6.09. The van der Waals surface area contributed by atoms with Crippen LogP contribution in [-0.2, 0) is 19.7 Å². The Balaban J connectivity index is 2.45. The Hall–Kier alpha value is -1.84. The highest BCUT2D eigenvalue weighted by Crippen LogP contribution is 2.33. The number of hydrogen-bond donors (Lipinski definition) is 1. The van der Waals surface area contributed by atoms with Gasteiger partial charge in [-0.25, -0.2) is 0 Å². The van der Waals surface area contributed by atoms with Crippen molar-refractivity contribution in [2.75, 3.05) is 13.2 Å². The summed E-state index contributed by atoms with van der Waals surface area (Å²) >= 11 is 0. The lowest BCUT2D eigenvalue weighted by Gasteiger charge is -2.34. The van der Waals surface area contributed by atoms with E-state index in [-0.39, 0.29) is 12.5 Å². The van der Waals surface area contributed by atoms with Crippen LogP contribution in [0.3, 0.4) is 0 Å². The molecule has 2 rings (SSSR count). The molecule has 1 aliphatic heterocycles. The van der Waals surface area contributed by atoms with Crippen LogP contribution in [0.25, 0.3) is 0 Å². The second-order valence-corrected chi connectivity index (χ2v) is 4.35. The molecule has 1 aromatic carbocycles. The van der Waals surface area contributed by atoms with Crippen LogP contribution >= 0.6 is 0 Å². The van der Waals surface area contributed by atoms with E-state index in [1.54, 1.807) is 6.92 Å². The third-order valence-electron chi connectivity index (χ3n) is 3.29. The molecular weight excluding hydrogens is 230 g/mol. The van der Waals surface area contributed by atoms with Crippen molar-refractivity contribution < 1.29 is 14.3 Å². The lowest BCUT2D eigenvalue weighted by Crippen LogP contribution is -2.54. The van der Waals surface area contributed by atoms with Crippen LogP contribution in [0.15, 0.2) is 30.3 Å². The van der Waals surface area contributed by atoms with E-state index in [1.807, 2.05) is 30.3 Å². The van der Waals surface area contributed by atoms with Gasteiger partial charge >= 0.3 is 5.97 Å². The molecule has 0 saturated carbocycles. The number of benzene rings is 1. The van der Waals surface area contributed by atoms with Crippen LogP contribution < -0.4 is 5.32 Å². The molecule has 0 radical (unpaired) electrons. The first-order chi connectivity index (χ1) is 8.71. The molecule has 4 nitrogen and oxygen atoms in total. The molecule has 0 bridgehead atoms. The summed E-state index contributed by atoms with van der Waals surface area (Å²) in [4.78, 5) is 24.5. The van der Waals surface area contributed by atoms with E-state index in [4.69, 9.17) is 4.74 Å². The third kappa shape index (κ3) is 1.98. The molecule has 1 aliphatic rings. The maximum absolute atomic E-state index is 12.2. The topological polar surface area (TPSA) is 55.4 Å². The quantitative estimate of drug-likeness (QED) is 0.649. The van der Waals surface area contributed by atoms with Gasteiger partial charge in [0.15, 0.2) is 5.41 Å². The SMILES string of the molecule is CCOC(=O)[C@]1(c2ccccc2)CCCNC1=O. The van der Waals surface area contributed by atoms with Crippen LogP contribution in [0, 0.1) is 0 Å². The van der Waals surface area contributed by atoms with E-state index in [1.165, 1.54) is 0 Å². The number of carbonyl (C=O) groups excluding carboxylic acids is 2. The van der Waals surface area contributed by atoms with Crippen molar-refractivity contribution in [1.82, 2.24) is 5.32 Å². The van der Waals surface area contributed by atoms with Gasteiger partial charge in [0.2, 0.25) is 5.91 Å². The zero-order valence-electron chi connectivity index (χ0n) is 10.4. The van der Waals surface area contributed by atoms with Crippen LogP contribution in [0.2, 0.25) is 0 Å². The molecule has 0 aliphatic carbocycles. The average molecular weight is 247 g/mol. The molecule has 1 saturated heterocycles. The lowest BCUT2D eigenvalue weighted by molar-refractivity contribution is -0.156. The van der Waals surface area contributed by atoms with Gasteiger partial charge in [0.25, 0.3) is 0 Å². The molecule has 1 amide bonds. The summed E-state index contributed by atoms with van der Waals surface area (Å²) in [7, 11) is 0. The van der Waals surface area contributed by atoms with E-state index >= 15 is 0 Å². The Bertz CT molecular complexity index is 444. The number of hydrogen-bond acceptors (Lipinski definition) is 3. The molecule has 1 aromatic rings. The summed E-state index contributed by atoms with van der Waals surface area (Å²) in [6.07, 6.45) is 1.28. The van der Waals surface area contributed by atoms with E-state index in [0.29, 0.717) is 18.5 Å². The smallest absolute Gasteiger partial charge is 0.326 e. The van der Waals surface area contributed by atoms with Crippen LogP contribution in [-0.4, -0.2) is 25.0 Å². The minimum Gasteiger partial charge on any atom is -0.465 e. The van der Waals surface area contributed by atoms with Gasteiger partial charge < -0.3 is 10.1 Å². The molecule has 0 spiro atoms. The zero-order chi connectivity index (χ0) is 13.0. The monoisotopic (exact) mass is 247 g/mol. The Kier molecular flexibility index (Phi) is 3.65. The van der Waals surface area contributed by atoms with Gasteiger partial charge in [0.05, 0.1) is 6.61 Å². The minimum atomic E-state index is -1.17. The maximum Gasteiger partial charge on any atom is 0.326 e. The normalized spacial score (nSPS) is 23.3. The molecule has 96 valence electrons. The molecule has 0 unspecified atom stereocenters. The fourth-order valence-corrected chi connectivity index (χ4v) is 2.38. The van der Waals surface area contributed by atoms with E-state index in [9.17, 15) is 9.59 Å². The van der Waals surface area contributed by atoms with Gasteiger partial charge in [-0.15, -0.1) is 0 Å². The minimum absolute atomic E-state index is 0.251. The van der Waals surface area contributed by atoms with Gasteiger partial charge in [-0.2, -0.15) is 0 Å². The Morgan fingerprint density at radius 2 is 2.11 bits per heavy atom. The molecule has 18 heavy (non-hydrogen) atoms. The van der Waals surface area contributed by atoms with Crippen molar-refractivity contribution in [1.29, 1.82) is 0 Å². The van der Waals surface area contributed by atoms with E-state index < -0.39 is 11.4 Å². The standard InChI is InChI=1S/C14H17NO3/c1-2-18-13(17)14(9-6-10-15-12(14)16)11-7-4-3-5-8-11/h3-5,7-8H,2,6,9-10H2,1H3,(H,15,16)/t14-/m0/s1. The maximum atomic E-state index is 12.2. The Morgan fingerprint density at radius 3 is 2.72 bits per heavy atom. The van der Waals surface area contributed by atoms with Crippen molar-refractivity contribution in [3.63, 3.8) is 0 Å². The largest absolute Gasteiger partial charge is 0.465 e. The summed E-state index contributed by atoms with van der Waals surface area (Å²) in [6, 6.07) is 9.14. The van der Waals surface area contributed by atoms with Crippen LogP contribution in [0.1, 0.15) is 25.3 Å². The highest BCUT2D eigenvalue weighted by Gasteiger charge is 2.49. The predicted molar refractivity (Wildman–Crippen MR) is 67.0 cm³/mol. The van der Waals surface area contributed by atoms with Gasteiger partial charge in [-0.3, -0.25) is 9.59 Å². The third-order valence-corrected chi connectivity index (χ3v) is 3.29. The molecule has 1 N–H and O–H groups in total. The summed E-state index contributed by atoms with van der Waals surface area (Å²) in [5, 5.41) is 2.77. The van der Waals surface area contributed by atoms with Crippen molar-refractivity contribution in [3.8, 4) is 0 Å². The zero-order valence-corrected chi connectivity index (χ0v) is 10.4. The predicted octanol–water partition coefficient (Wildman–Crippen LogP) is 1.40. The molecule has 1 fully saturated rings. The second kappa shape index (κ2) is 5.21. The summed E-state index contributed by atoms with van der Waals surface area (Å²) in [6.45, 7) is 2.64. The highest BCUT2D eigenvalue weighted by atomic mass is 16.5. The van der Waals surface area contributed by atoms with Crippen molar-refractivity contribution in [3.05, 3.63) is 35.9 Å². The van der Waals surface area contributed by atoms with Gasteiger partial charge in [-0.1, -0.05) is 30.3 Å². The number of rotatable bonds is 3. The van der Waals surface area contributed by atoms with Crippen LogP contribution in [0.5, 0.6) is 0 Å². The van der Waals surface area contributed by atoms with Crippen molar-refractivity contribution in [2.24, 2.45) is 0 Å². The number of piperidine rings is 1. The molecule has 4 heteroatoms. The molecular formula is C14H17NO3. The number of carbonyl (C=O) groups is 2. The summed E-state index contributed by atoms with van der Waals surface area (Å²) in [5.74, 6) is -0.702. The number of ether oxygens (including phenoxy) is 1. The molecule has 1 heterocycles. The summed E-state index contributed by atoms with van der Waals surface area (Å²) in [5.41, 5.74) is -0.462. The van der Waals surface area contributed by atoms with Gasteiger partial charge in [0, 0.05) is 6.54 Å². The first-order valence-corrected chi connectivity index (χ1v) is 6.23. The summed E-state index contributed by atoms with van der Waals surface area (Å²) < 4.78 is 5.11. The Labute approximate surface area is 106 Å². The molecule has 0 aromatic heterocycles. The average Bonchev–Trinajstić information content (AvgIpc) is 2.41. The lowest BCUT2D eigenvalue weighted by atomic mass is 9.74. The fourth-order valence-electron chi connectivity index (χ4n) is 2.38. The number of amides is 1. The first-order valence-electron chi connectivity index (χ1n) is 6.23. The van der Waals surface area contributed by atoms with Crippen LogP contribution in [0.4, 0.5) is 0 Å². The Morgan fingerprint density at radius 1 is 1.39 bits per heavy atom. The van der Waals surface area contributed by atoms with Gasteiger partial charge in [-0.05, 0) is 25.3 Å². The number of nitrogens with one attached hydrogen (secondary N) is 1.